The molecule has 0 saturated carbocycles. The van der Waals surface area contributed by atoms with E-state index in [0.717, 1.165) is 11.3 Å². The quantitative estimate of drug-likeness (QED) is 0.742. The van der Waals surface area contributed by atoms with Crippen LogP contribution < -0.4 is 10.1 Å². The highest BCUT2D eigenvalue weighted by atomic mass is 19.1. The van der Waals surface area contributed by atoms with Crippen LogP contribution in [0.5, 0.6) is 5.75 Å². The zero-order chi connectivity index (χ0) is 11.8. The van der Waals surface area contributed by atoms with Crippen molar-refractivity contribution in [2.24, 2.45) is 0 Å². The van der Waals surface area contributed by atoms with Gasteiger partial charge in [0.1, 0.15) is 12.4 Å². The van der Waals surface area contributed by atoms with Gasteiger partial charge in [-0.25, -0.2) is 4.39 Å². The van der Waals surface area contributed by atoms with Crippen molar-refractivity contribution in [1.29, 1.82) is 0 Å². The van der Waals surface area contributed by atoms with E-state index in [9.17, 15) is 4.39 Å². The number of benzene rings is 1. The zero-order valence-electron chi connectivity index (χ0n) is 9.45. The molecular formula is C12H18FNO2. The van der Waals surface area contributed by atoms with Crippen LogP contribution in [-0.2, 0) is 6.54 Å². The molecule has 1 aromatic rings. The second kappa shape index (κ2) is 7.19. The van der Waals surface area contributed by atoms with E-state index in [1.54, 1.807) is 7.11 Å². The first kappa shape index (κ1) is 12.9. The van der Waals surface area contributed by atoms with Gasteiger partial charge in [0.2, 0.25) is 0 Å². The Morgan fingerprint density at radius 3 is 2.56 bits per heavy atom. The highest BCUT2D eigenvalue weighted by molar-refractivity contribution is 5.27. The first-order valence-corrected chi connectivity index (χ1v) is 5.33. The van der Waals surface area contributed by atoms with Gasteiger partial charge in [0, 0.05) is 19.2 Å². The minimum Gasteiger partial charge on any atom is -0.497 e. The van der Waals surface area contributed by atoms with Gasteiger partial charge in [-0.3, -0.25) is 0 Å². The number of rotatable bonds is 7. The summed E-state index contributed by atoms with van der Waals surface area (Å²) < 4.78 is 17.5. The fraction of sp³-hybridized carbons (Fsp3) is 0.500. The van der Waals surface area contributed by atoms with E-state index in [0.29, 0.717) is 13.0 Å². The SMILES string of the molecule is COc1ccc(CNC(CF)CCO)cc1. The molecule has 0 aliphatic carbocycles. The van der Waals surface area contributed by atoms with Crippen molar-refractivity contribution >= 4 is 0 Å². The van der Waals surface area contributed by atoms with Gasteiger partial charge in [0.15, 0.2) is 0 Å². The highest BCUT2D eigenvalue weighted by Crippen LogP contribution is 2.11. The van der Waals surface area contributed by atoms with Crippen LogP contribution in [0.1, 0.15) is 12.0 Å². The molecule has 0 bridgehead atoms. The fourth-order valence-corrected chi connectivity index (χ4v) is 1.40. The van der Waals surface area contributed by atoms with E-state index >= 15 is 0 Å². The van der Waals surface area contributed by atoms with Crippen LogP contribution in [0.15, 0.2) is 24.3 Å². The van der Waals surface area contributed by atoms with Crippen LogP contribution in [0.2, 0.25) is 0 Å². The smallest absolute Gasteiger partial charge is 0.118 e. The van der Waals surface area contributed by atoms with Crippen LogP contribution in [0.3, 0.4) is 0 Å². The normalized spacial score (nSPS) is 12.4. The summed E-state index contributed by atoms with van der Waals surface area (Å²) in [4.78, 5) is 0. The number of nitrogens with one attached hydrogen (secondary N) is 1. The Balaban J connectivity index is 2.40. The summed E-state index contributed by atoms with van der Waals surface area (Å²) in [5, 5.41) is 11.8. The molecule has 3 nitrogen and oxygen atoms in total. The molecule has 1 aromatic carbocycles. The van der Waals surface area contributed by atoms with E-state index in [2.05, 4.69) is 5.32 Å². The minimum absolute atomic E-state index is 0.00417. The van der Waals surface area contributed by atoms with Crippen LogP contribution in [0.25, 0.3) is 0 Å². The monoisotopic (exact) mass is 227 g/mol. The first-order chi connectivity index (χ1) is 7.80. The van der Waals surface area contributed by atoms with Crippen molar-refractivity contribution in [2.45, 2.75) is 19.0 Å². The van der Waals surface area contributed by atoms with E-state index in [1.807, 2.05) is 24.3 Å². The number of methoxy groups -OCH3 is 1. The predicted octanol–water partition coefficient (Wildman–Crippen LogP) is 1.51. The number of hydrogen-bond donors (Lipinski definition) is 2. The maximum absolute atomic E-state index is 12.5. The van der Waals surface area contributed by atoms with Crippen LogP contribution in [0.4, 0.5) is 4.39 Å². The molecule has 0 saturated heterocycles. The number of halogens is 1. The molecule has 1 atom stereocenters. The van der Waals surface area contributed by atoms with Gasteiger partial charge >= 0.3 is 0 Å². The van der Waals surface area contributed by atoms with Gasteiger partial charge in [-0.2, -0.15) is 0 Å². The average molecular weight is 227 g/mol. The van der Waals surface area contributed by atoms with Crippen LogP contribution >= 0.6 is 0 Å². The van der Waals surface area contributed by atoms with Gasteiger partial charge in [0.05, 0.1) is 7.11 Å². The second-order valence-corrected chi connectivity index (χ2v) is 3.59. The summed E-state index contributed by atoms with van der Waals surface area (Å²) in [6.07, 6.45) is 0.437. The molecule has 2 N–H and O–H groups in total. The fourth-order valence-electron chi connectivity index (χ4n) is 1.40. The molecule has 90 valence electrons. The third kappa shape index (κ3) is 4.16. The Hall–Kier alpha value is -1.13. The van der Waals surface area contributed by atoms with Crippen molar-refractivity contribution in [2.75, 3.05) is 20.4 Å². The van der Waals surface area contributed by atoms with Crippen LogP contribution in [-0.4, -0.2) is 31.5 Å². The van der Waals surface area contributed by atoms with Crippen LogP contribution in [0, 0.1) is 0 Å². The Bertz CT molecular complexity index is 290. The van der Waals surface area contributed by atoms with Crippen molar-refractivity contribution in [3.63, 3.8) is 0 Å². The lowest BCUT2D eigenvalue weighted by molar-refractivity contribution is 0.246. The molecule has 1 rings (SSSR count). The van der Waals surface area contributed by atoms with E-state index in [-0.39, 0.29) is 12.6 Å². The Labute approximate surface area is 95.2 Å². The summed E-state index contributed by atoms with van der Waals surface area (Å²) in [7, 11) is 1.62. The van der Waals surface area contributed by atoms with E-state index < -0.39 is 6.67 Å². The summed E-state index contributed by atoms with van der Waals surface area (Å²) >= 11 is 0. The topological polar surface area (TPSA) is 41.5 Å². The van der Waals surface area contributed by atoms with E-state index in [4.69, 9.17) is 9.84 Å². The third-order valence-electron chi connectivity index (χ3n) is 2.42. The van der Waals surface area contributed by atoms with Gasteiger partial charge in [-0.15, -0.1) is 0 Å². The van der Waals surface area contributed by atoms with Crippen molar-refractivity contribution in [3.05, 3.63) is 29.8 Å². The number of alkyl halides is 1. The number of ether oxygens (including phenoxy) is 1. The van der Waals surface area contributed by atoms with E-state index in [1.165, 1.54) is 0 Å². The molecule has 0 spiro atoms. The lowest BCUT2D eigenvalue weighted by atomic mass is 10.2. The molecule has 4 heteroatoms. The number of aliphatic hydroxyl groups excluding tert-OH is 1. The molecule has 0 amide bonds. The maximum Gasteiger partial charge on any atom is 0.118 e. The molecule has 0 heterocycles. The van der Waals surface area contributed by atoms with Gasteiger partial charge in [0.25, 0.3) is 0 Å². The summed E-state index contributed by atoms with van der Waals surface area (Å²) in [5.41, 5.74) is 1.07. The van der Waals surface area contributed by atoms with Crippen molar-refractivity contribution < 1.29 is 14.2 Å². The highest BCUT2D eigenvalue weighted by Gasteiger charge is 2.06. The lowest BCUT2D eigenvalue weighted by Gasteiger charge is -2.14. The second-order valence-electron chi connectivity index (χ2n) is 3.59. The molecule has 0 aromatic heterocycles. The molecule has 0 aliphatic heterocycles. The first-order valence-electron chi connectivity index (χ1n) is 5.33. The Kier molecular flexibility index (Phi) is 5.82. The van der Waals surface area contributed by atoms with Crippen molar-refractivity contribution in [3.8, 4) is 5.75 Å². The average Bonchev–Trinajstić information content (AvgIpc) is 2.35. The standard InChI is InChI=1S/C12H18FNO2/c1-16-12-4-2-10(3-5-12)9-14-11(8-13)6-7-15/h2-5,11,14-15H,6-9H2,1H3. The Morgan fingerprint density at radius 2 is 2.06 bits per heavy atom. The summed E-state index contributed by atoms with van der Waals surface area (Å²) in [5.74, 6) is 0.807. The lowest BCUT2D eigenvalue weighted by Crippen LogP contribution is -2.31. The third-order valence-corrected chi connectivity index (χ3v) is 2.42. The zero-order valence-corrected chi connectivity index (χ0v) is 9.45. The summed E-state index contributed by atoms with van der Waals surface area (Å²) in [6, 6.07) is 7.33. The van der Waals surface area contributed by atoms with Gasteiger partial charge < -0.3 is 15.2 Å². The maximum atomic E-state index is 12.5. The minimum atomic E-state index is -0.462. The summed E-state index contributed by atoms with van der Waals surface area (Å²) in [6.45, 7) is 0.138. The molecular weight excluding hydrogens is 209 g/mol. The molecule has 1 unspecified atom stereocenters. The predicted molar refractivity (Wildman–Crippen MR) is 61.3 cm³/mol. The van der Waals surface area contributed by atoms with Gasteiger partial charge in [-0.05, 0) is 24.1 Å². The van der Waals surface area contributed by atoms with Gasteiger partial charge in [-0.1, -0.05) is 12.1 Å². The Morgan fingerprint density at radius 1 is 1.38 bits per heavy atom. The molecule has 16 heavy (non-hydrogen) atoms. The molecule has 0 aliphatic rings. The largest absolute Gasteiger partial charge is 0.497 e. The molecule has 0 fully saturated rings. The number of aliphatic hydroxyl groups is 1. The van der Waals surface area contributed by atoms with Crippen molar-refractivity contribution in [1.82, 2.24) is 5.32 Å². The molecule has 0 radical (unpaired) electrons. The number of hydrogen-bond acceptors (Lipinski definition) is 3.